The summed E-state index contributed by atoms with van der Waals surface area (Å²) in [6, 6.07) is 11.3. The third kappa shape index (κ3) is 7.18. The van der Waals surface area contributed by atoms with Crippen LogP contribution in [0.25, 0.3) is 0 Å². The van der Waals surface area contributed by atoms with Crippen LogP contribution in [0.1, 0.15) is 18.2 Å². The van der Waals surface area contributed by atoms with Gasteiger partial charge >= 0.3 is 0 Å². The quantitative estimate of drug-likeness (QED) is 0.477. The van der Waals surface area contributed by atoms with Crippen molar-refractivity contribution in [1.82, 2.24) is 19.5 Å². The molecular formula is C19H28ClN5O2S. The molecule has 2 N–H and O–H groups in total. The predicted molar refractivity (Wildman–Crippen MR) is 115 cm³/mol. The molecule has 0 amide bonds. The molecule has 2 rings (SSSR count). The Morgan fingerprint density at radius 3 is 2.61 bits per heavy atom. The van der Waals surface area contributed by atoms with Crippen LogP contribution in [0, 0.1) is 0 Å². The Morgan fingerprint density at radius 2 is 2.00 bits per heavy atom. The molecule has 0 fully saturated rings. The van der Waals surface area contributed by atoms with Gasteiger partial charge in [0.15, 0.2) is 5.96 Å². The Bertz CT molecular complexity index is 881. The highest BCUT2D eigenvalue weighted by molar-refractivity contribution is 7.89. The van der Waals surface area contributed by atoms with Gasteiger partial charge in [0.25, 0.3) is 0 Å². The van der Waals surface area contributed by atoms with Crippen molar-refractivity contribution in [2.24, 2.45) is 12.0 Å². The van der Waals surface area contributed by atoms with Gasteiger partial charge in [-0.15, -0.1) is 0 Å². The average Bonchev–Trinajstić information content (AvgIpc) is 2.97. The lowest BCUT2D eigenvalue weighted by Crippen LogP contribution is -2.39. The van der Waals surface area contributed by atoms with E-state index in [-0.39, 0.29) is 18.8 Å². The first kappa shape index (κ1) is 22.3. The van der Waals surface area contributed by atoms with Crippen molar-refractivity contribution in [3.63, 3.8) is 0 Å². The van der Waals surface area contributed by atoms with Gasteiger partial charge in [-0.05, 0) is 18.6 Å². The first-order valence-corrected chi connectivity index (χ1v) is 11.1. The second kappa shape index (κ2) is 10.5. The van der Waals surface area contributed by atoms with Gasteiger partial charge in [-0.2, -0.15) is 0 Å². The van der Waals surface area contributed by atoms with E-state index in [1.54, 1.807) is 0 Å². The minimum Gasteiger partial charge on any atom is -0.357 e. The monoisotopic (exact) mass is 425 g/mol. The van der Waals surface area contributed by atoms with Crippen molar-refractivity contribution in [1.29, 1.82) is 0 Å². The van der Waals surface area contributed by atoms with E-state index in [4.69, 9.17) is 11.6 Å². The molecule has 0 aliphatic rings. The molecule has 2 aromatic rings. The van der Waals surface area contributed by atoms with Gasteiger partial charge in [0.2, 0.25) is 10.0 Å². The average molecular weight is 426 g/mol. The summed E-state index contributed by atoms with van der Waals surface area (Å²) >= 11 is 6.04. The van der Waals surface area contributed by atoms with Crippen molar-refractivity contribution in [3.05, 3.63) is 58.9 Å². The molecule has 7 nitrogen and oxygen atoms in total. The topological polar surface area (TPSA) is 78.7 Å². The molecule has 0 saturated carbocycles. The third-order valence-corrected chi connectivity index (χ3v) is 5.64. The predicted octanol–water partition coefficient (Wildman–Crippen LogP) is 2.20. The van der Waals surface area contributed by atoms with Crippen LogP contribution < -0.4 is 10.0 Å². The summed E-state index contributed by atoms with van der Waals surface area (Å²) in [7, 11) is 0.439. The number of nitrogens with one attached hydrogen (secondary N) is 2. The molecule has 0 saturated heterocycles. The SMILES string of the molecule is CCNC(=NCCS(=O)(=O)NCc1ccccc1)N(C)Cc1cc(Cl)cn1C. The van der Waals surface area contributed by atoms with Crippen LogP contribution in [-0.4, -0.2) is 49.7 Å². The maximum absolute atomic E-state index is 12.2. The molecule has 28 heavy (non-hydrogen) atoms. The molecule has 0 aliphatic carbocycles. The summed E-state index contributed by atoms with van der Waals surface area (Å²) in [6.45, 7) is 3.72. The first-order valence-electron chi connectivity index (χ1n) is 9.12. The minimum absolute atomic E-state index is 0.0709. The van der Waals surface area contributed by atoms with Gasteiger partial charge in [0.05, 0.1) is 23.9 Å². The van der Waals surface area contributed by atoms with E-state index in [0.717, 1.165) is 11.3 Å². The highest BCUT2D eigenvalue weighted by Crippen LogP contribution is 2.14. The van der Waals surface area contributed by atoms with E-state index in [1.807, 2.05) is 73.1 Å². The summed E-state index contributed by atoms with van der Waals surface area (Å²) in [5.41, 5.74) is 1.96. The lowest BCUT2D eigenvalue weighted by atomic mass is 10.2. The summed E-state index contributed by atoms with van der Waals surface area (Å²) in [5.74, 6) is 0.580. The van der Waals surface area contributed by atoms with Crippen LogP contribution >= 0.6 is 11.6 Å². The van der Waals surface area contributed by atoms with E-state index in [0.29, 0.717) is 24.1 Å². The zero-order chi connectivity index (χ0) is 20.6. The van der Waals surface area contributed by atoms with E-state index in [1.165, 1.54) is 0 Å². The summed E-state index contributed by atoms with van der Waals surface area (Å²) in [6.07, 6.45) is 1.85. The van der Waals surface area contributed by atoms with Gasteiger partial charge in [-0.1, -0.05) is 41.9 Å². The molecule has 0 bridgehead atoms. The second-order valence-corrected chi connectivity index (χ2v) is 8.84. The lowest BCUT2D eigenvalue weighted by molar-refractivity contribution is 0.462. The van der Waals surface area contributed by atoms with Crippen molar-refractivity contribution in [2.75, 3.05) is 25.9 Å². The number of hydrogen-bond donors (Lipinski definition) is 2. The van der Waals surface area contributed by atoms with Crippen LogP contribution in [0.2, 0.25) is 5.02 Å². The number of benzene rings is 1. The molecular weight excluding hydrogens is 398 g/mol. The van der Waals surface area contributed by atoms with Gasteiger partial charge in [0, 0.05) is 39.1 Å². The van der Waals surface area contributed by atoms with E-state index in [2.05, 4.69) is 15.0 Å². The molecule has 1 aromatic carbocycles. The maximum atomic E-state index is 12.2. The minimum atomic E-state index is -3.40. The number of sulfonamides is 1. The van der Waals surface area contributed by atoms with Gasteiger partial charge in [-0.25, -0.2) is 13.1 Å². The van der Waals surface area contributed by atoms with Crippen LogP contribution in [0.15, 0.2) is 47.6 Å². The molecule has 1 aromatic heterocycles. The lowest BCUT2D eigenvalue weighted by Gasteiger charge is -2.22. The maximum Gasteiger partial charge on any atom is 0.213 e. The summed E-state index contributed by atoms with van der Waals surface area (Å²) in [4.78, 5) is 6.40. The molecule has 0 radical (unpaired) electrons. The molecule has 0 unspecified atom stereocenters. The normalized spacial score (nSPS) is 12.2. The number of nitrogens with zero attached hydrogens (tertiary/aromatic N) is 3. The smallest absolute Gasteiger partial charge is 0.213 e. The van der Waals surface area contributed by atoms with Crippen LogP contribution in [0.4, 0.5) is 0 Å². The Morgan fingerprint density at radius 1 is 1.29 bits per heavy atom. The van der Waals surface area contributed by atoms with E-state index >= 15 is 0 Å². The Hall–Kier alpha value is -2.03. The van der Waals surface area contributed by atoms with Crippen molar-refractivity contribution >= 4 is 27.6 Å². The van der Waals surface area contributed by atoms with Crippen molar-refractivity contribution in [2.45, 2.75) is 20.0 Å². The highest BCUT2D eigenvalue weighted by Gasteiger charge is 2.12. The second-order valence-electron chi connectivity index (χ2n) is 6.48. The zero-order valence-corrected chi connectivity index (χ0v) is 18.1. The number of guanidine groups is 1. The van der Waals surface area contributed by atoms with E-state index < -0.39 is 10.0 Å². The van der Waals surface area contributed by atoms with Crippen molar-refractivity contribution in [3.8, 4) is 0 Å². The van der Waals surface area contributed by atoms with Crippen molar-refractivity contribution < 1.29 is 8.42 Å². The zero-order valence-electron chi connectivity index (χ0n) is 16.5. The van der Waals surface area contributed by atoms with Crippen LogP contribution in [-0.2, 0) is 30.2 Å². The Labute approximate surface area is 172 Å². The highest BCUT2D eigenvalue weighted by atomic mass is 35.5. The number of hydrogen-bond acceptors (Lipinski definition) is 3. The fraction of sp³-hybridized carbons (Fsp3) is 0.421. The molecule has 0 aliphatic heterocycles. The Kier molecular flexibility index (Phi) is 8.35. The summed E-state index contributed by atoms with van der Waals surface area (Å²) < 4.78 is 29.0. The van der Waals surface area contributed by atoms with Gasteiger partial charge < -0.3 is 14.8 Å². The largest absolute Gasteiger partial charge is 0.357 e. The molecule has 1 heterocycles. The number of aliphatic imine (C=N–C) groups is 1. The molecule has 0 atom stereocenters. The first-order chi connectivity index (χ1) is 13.3. The number of aryl methyl sites for hydroxylation is 1. The number of aromatic nitrogens is 1. The molecule has 9 heteroatoms. The summed E-state index contributed by atoms with van der Waals surface area (Å²) in [5, 5.41) is 3.88. The molecule has 154 valence electrons. The Balaban J connectivity index is 1.92. The number of halogens is 1. The van der Waals surface area contributed by atoms with Crippen LogP contribution in [0.5, 0.6) is 0 Å². The van der Waals surface area contributed by atoms with Crippen LogP contribution in [0.3, 0.4) is 0 Å². The van der Waals surface area contributed by atoms with Gasteiger partial charge in [-0.3, -0.25) is 4.99 Å². The molecule has 0 spiro atoms. The van der Waals surface area contributed by atoms with Gasteiger partial charge in [0.1, 0.15) is 0 Å². The third-order valence-electron chi connectivity index (χ3n) is 4.13. The fourth-order valence-electron chi connectivity index (χ4n) is 2.64. The van der Waals surface area contributed by atoms with E-state index in [9.17, 15) is 8.42 Å². The standard InChI is InChI=1S/C19H28ClN5O2S/c1-4-21-19(25(3)15-18-12-17(20)14-24(18)2)22-10-11-28(26,27)23-13-16-8-6-5-7-9-16/h5-9,12,14,23H,4,10-11,13,15H2,1-3H3,(H,21,22). The number of rotatable bonds is 9. The fourth-order valence-corrected chi connectivity index (χ4v) is 3.78.